The molecule has 0 aromatic heterocycles. The van der Waals surface area contributed by atoms with E-state index in [1.165, 1.54) is 0 Å². The number of nitriles is 1. The van der Waals surface area contributed by atoms with Gasteiger partial charge in [-0.05, 0) is 30.9 Å². The summed E-state index contributed by atoms with van der Waals surface area (Å²) in [6, 6.07) is 11.1. The summed E-state index contributed by atoms with van der Waals surface area (Å²) in [5.41, 5.74) is -1.00. The highest BCUT2D eigenvalue weighted by molar-refractivity contribution is 5.88. The van der Waals surface area contributed by atoms with Crippen molar-refractivity contribution in [1.29, 1.82) is 5.26 Å². The number of aliphatic hydroxyl groups is 1. The molecule has 0 unspecified atom stereocenters. The summed E-state index contributed by atoms with van der Waals surface area (Å²) >= 11 is 0. The molecule has 1 rings (SSSR count). The molecule has 1 N–H and O–H groups in total. The Morgan fingerprint density at radius 3 is 2.55 bits per heavy atom. The van der Waals surface area contributed by atoms with Gasteiger partial charge in [0, 0.05) is 0 Å². The van der Waals surface area contributed by atoms with Gasteiger partial charge in [-0.15, -0.1) is 0 Å². The molecule has 0 aliphatic heterocycles. The maximum atomic E-state index is 12.0. The van der Waals surface area contributed by atoms with Crippen LogP contribution in [0.25, 0.3) is 6.08 Å². The normalized spacial score (nSPS) is 14.0. The summed E-state index contributed by atoms with van der Waals surface area (Å²) < 4.78 is 4.87. The van der Waals surface area contributed by atoms with Crippen molar-refractivity contribution in [2.45, 2.75) is 45.1 Å². The van der Waals surface area contributed by atoms with Crippen molar-refractivity contribution in [2.75, 3.05) is 6.61 Å². The molecular formula is C18H23NO3. The number of unbranched alkanes of at least 4 members (excludes halogenated alkanes) is 2. The number of carbonyl (C=O) groups excluding carboxylic acids is 1. The van der Waals surface area contributed by atoms with E-state index < -0.39 is 11.6 Å². The van der Waals surface area contributed by atoms with Crippen LogP contribution in [0.5, 0.6) is 0 Å². The van der Waals surface area contributed by atoms with Crippen LogP contribution in [0.3, 0.4) is 0 Å². The fourth-order valence-electron chi connectivity index (χ4n) is 2.16. The van der Waals surface area contributed by atoms with Gasteiger partial charge in [0.15, 0.2) is 0 Å². The Bertz CT molecular complexity index is 545. The summed E-state index contributed by atoms with van der Waals surface area (Å²) in [5.74, 6) is -0.906. The molecule has 0 radical (unpaired) electrons. The van der Waals surface area contributed by atoms with Gasteiger partial charge in [0.1, 0.15) is 6.07 Å². The van der Waals surface area contributed by atoms with E-state index in [0.717, 1.165) is 24.8 Å². The molecule has 0 spiro atoms. The number of esters is 1. The molecule has 1 aromatic rings. The molecule has 0 saturated heterocycles. The molecule has 1 atom stereocenters. The number of benzene rings is 1. The first-order valence-electron chi connectivity index (χ1n) is 7.65. The summed E-state index contributed by atoms with van der Waals surface area (Å²) in [6.07, 6.45) is 4.97. The molecule has 0 fully saturated rings. The zero-order valence-electron chi connectivity index (χ0n) is 13.2. The van der Waals surface area contributed by atoms with E-state index in [9.17, 15) is 15.2 Å². The molecule has 0 aliphatic carbocycles. The van der Waals surface area contributed by atoms with Crippen LogP contribution in [0.15, 0.2) is 35.9 Å². The Labute approximate surface area is 132 Å². The number of rotatable bonds is 8. The van der Waals surface area contributed by atoms with Crippen molar-refractivity contribution in [1.82, 2.24) is 0 Å². The maximum Gasteiger partial charge on any atom is 0.357 e. The molecule has 0 aliphatic rings. The number of ether oxygens (including phenoxy) is 1. The smallest absolute Gasteiger partial charge is 0.357 e. The quantitative estimate of drug-likeness (QED) is 0.453. The van der Waals surface area contributed by atoms with Crippen molar-refractivity contribution < 1.29 is 14.6 Å². The largest absolute Gasteiger partial charge is 0.463 e. The van der Waals surface area contributed by atoms with Gasteiger partial charge in [-0.3, -0.25) is 0 Å². The minimum absolute atomic E-state index is 0.121. The lowest BCUT2D eigenvalue weighted by Crippen LogP contribution is -2.40. The van der Waals surface area contributed by atoms with E-state index in [1.807, 2.05) is 30.3 Å². The average molecular weight is 301 g/mol. The molecule has 0 bridgehead atoms. The second kappa shape index (κ2) is 9.01. The Balaban J connectivity index is 3.15. The minimum atomic E-state index is -2.22. The molecule has 22 heavy (non-hydrogen) atoms. The number of hydrogen-bond donors (Lipinski definition) is 1. The first-order chi connectivity index (χ1) is 10.6. The van der Waals surface area contributed by atoms with Crippen LogP contribution in [-0.2, 0) is 9.53 Å². The number of hydrogen-bond acceptors (Lipinski definition) is 4. The molecule has 4 nitrogen and oxygen atoms in total. The second-order valence-corrected chi connectivity index (χ2v) is 5.08. The topological polar surface area (TPSA) is 70.3 Å². The Morgan fingerprint density at radius 1 is 1.32 bits per heavy atom. The van der Waals surface area contributed by atoms with E-state index in [-0.39, 0.29) is 6.61 Å². The monoisotopic (exact) mass is 301 g/mol. The van der Waals surface area contributed by atoms with Crippen molar-refractivity contribution in [2.24, 2.45) is 0 Å². The lowest BCUT2D eigenvalue weighted by atomic mass is 9.89. The Morgan fingerprint density at radius 2 is 2.00 bits per heavy atom. The molecule has 0 heterocycles. The van der Waals surface area contributed by atoms with Crippen LogP contribution in [0.4, 0.5) is 0 Å². The van der Waals surface area contributed by atoms with E-state index in [4.69, 9.17) is 4.74 Å². The number of nitrogens with zero attached hydrogens (tertiary/aromatic N) is 1. The standard InChI is InChI=1S/C18H23NO3/c1-3-5-7-12-16(13-15-10-8-6-9-11-15)18(21,14-19)17(20)22-4-2/h6,8-11,13,21H,3-5,7,12H2,1-2H3/b16-13+/t18-/m0/s1. The van der Waals surface area contributed by atoms with Gasteiger partial charge in [-0.2, -0.15) is 5.26 Å². The highest BCUT2D eigenvalue weighted by Crippen LogP contribution is 2.26. The first kappa shape index (κ1) is 17.9. The zero-order valence-corrected chi connectivity index (χ0v) is 13.2. The summed E-state index contributed by atoms with van der Waals surface area (Å²) in [6.45, 7) is 3.84. The van der Waals surface area contributed by atoms with Gasteiger partial charge >= 0.3 is 5.97 Å². The van der Waals surface area contributed by atoms with Gasteiger partial charge in [0.25, 0.3) is 5.60 Å². The third kappa shape index (κ3) is 4.71. The molecule has 118 valence electrons. The van der Waals surface area contributed by atoms with Gasteiger partial charge in [0.2, 0.25) is 0 Å². The maximum absolute atomic E-state index is 12.0. The van der Waals surface area contributed by atoms with Crippen LogP contribution >= 0.6 is 0 Å². The van der Waals surface area contributed by atoms with Crippen LogP contribution < -0.4 is 0 Å². The van der Waals surface area contributed by atoms with Crippen LogP contribution in [0.2, 0.25) is 0 Å². The summed E-state index contributed by atoms with van der Waals surface area (Å²) in [7, 11) is 0. The van der Waals surface area contributed by atoms with Crippen molar-refractivity contribution in [3.63, 3.8) is 0 Å². The van der Waals surface area contributed by atoms with Crippen LogP contribution in [0, 0.1) is 11.3 Å². The molecular weight excluding hydrogens is 278 g/mol. The van der Waals surface area contributed by atoms with Crippen molar-refractivity contribution in [3.05, 3.63) is 41.5 Å². The molecule has 0 amide bonds. The summed E-state index contributed by atoms with van der Waals surface area (Å²) in [5, 5.41) is 19.9. The highest BCUT2D eigenvalue weighted by Gasteiger charge is 2.41. The van der Waals surface area contributed by atoms with Gasteiger partial charge in [0.05, 0.1) is 6.61 Å². The lowest BCUT2D eigenvalue weighted by molar-refractivity contribution is -0.156. The molecule has 0 saturated carbocycles. The van der Waals surface area contributed by atoms with Gasteiger partial charge in [-0.25, -0.2) is 4.79 Å². The van der Waals surface area contributed by atoms with Crippen LogP contribution in [-0.4, -0.2) is 23.3 Å². The van der Waals surface area contributed by atoms with E-state index >= 15 is 0 Å². The van der Waals surface area contributed by atoms with E-state index in [2.05, 4.69) is 6.92 Å². The molecule has 4 heteroatoms. The summed E-state index contributed by atoms with van der Waals surface area (Å²) in [4.78, 5) is 12.0. The van der Waals surface area contributed by atoms with Gasteiger partial charge in [-0.1, -0.05) is 56.2 Å². The Hall–Kier alpha value is -2.12. The van der Waals surface area contributed by atoms with Gasteiger partial charge < -0.3 is 9.84 Å². The van der Waals surface area contributed by atoms with Crippen molar-refractivity contribution >= 4 is 12.0 Å². The predicted molar refractivity (Wildman–Crippen MR) is 85.8 cm³/mol. The van der Waals surface area contributed by atoms with E-state index in [1.54, 1.807) is 19.1 Å². The lowest BCUT2D eigenvalue weighted by Gasteiger charge is -2.22. The zero-order chi connectivity index (χ0) is 16.4. The minimum Gasteiger partial charge on any atom is -0.463 e. The predicted octanol–water partition coefficient (Wildman–Crippen LogP) is 3.47. The SMILES string of the molecule is CCCCC/C(=C\c1ccccc1)[C@@](O)(C#N)C(=O)OCC. The fraction of sp³-hybridized carbons (Fsp3) is 0.444. The molecule has 1 aromatic carbocycles. The Kier molecular flexibility index (Phi) is 7.34. The third-order valence-electron chi connectivity index (χ3n) is 3.39. The van der Waals surface area contributed by atoms with Crippen molar-refractivity contribution in [3.8, 4) is 6.07 Å². The van der Waals surface area contributed by atoms with Crippen LogP contribution in [0.1, 0.15) is 45.1 Å². The highest BCUT2D eigenvalue weighted by atomic mass is 16.5. The first-order valence-corrected chi connectivity index (χ1v) is 7.65. The number of carbonyl (C=O) groups is 1. The van der Waals surface area contributed by atoms with E-state index in [0.29, 0.717) is 12.0 Å². The third-order valence-corrected chi connectivity index (χ3v) is 3.39. The average Bonchev–Trinajstić information content (AvgIpc) is 2.54. The fourth-order valence-corrected chi connectivity index (χ4v) is 2.16. The second-order valence-electron chi connectivity index (χ2n) is 5.08.